The summed E-state index contributed by atoms with van der Waals surface area (Å²) in [6.45, 7) is 1.84. The van der Waals surface area contributed by atoms with Crippen LogP contribution in [-0.2, 0) is 19.1 Å². The van der Waals surface area contributed by atoms with Crippen LogP contribution in [0.5, 0.6) is 0 Å². The molecule has 1 aromatic carbocycles. The number of carbonyl (C=O) groups is 1. The fourth-order valence-corrected chi connectivity index (χ4v) is 3.10. The zero-order valence-corrected chi connectivity index (χ0v) is 11.4. The Labute approximate surface area is 112 Å². The number of hydrogen-bond acceptors (Lipinski definition) is 5. The summed E-state index contributed by atoms with van der Waals surface area (Å²) in [6, 6.07) is 6.14. The monoisotopic (exact) mass is 284 g/mol. The largest absolute Gasteiger partial charge is 0.390 e. The standard InChI is InChI=1S/C13H16O5S/c1-9-5-7-10(8-6-9)19(16,17)18-13-11(14)3-2-4-12(13)15/h5-8,11,13-14H,2-4H2,1H3. The molecule has 2 unspecified atom stereocenters. The average molecular weight is 284 g/mol. The molecule has 0 spiro atoms. The maximum absolute atomic E-state index is 12.0. The number of Topliss-reactive ketones (excluding diaryl/α,β-unsaturated/α-hetero) is 1. The van der Waals surface area contributed by atoms with E-state index in [4.69, 9.17) is 4.18 Å². The van der Waals surface area contributed by atoms with E-state index >= 15 is 0 Å². The molecule has 1 aliphatic carbocycles. The van der Waals surface area contributed by atoms with Gasteiger partial charge in [-0.1, -0.05) is 17.7 Å². The molecule has 1 saturated carbocycles. The lowest BCUT2D eigenvalue weighted by atomic mass is 9.94. The van der Waals surface area contributed by atoms with Crippen LogP contribution in [0.1, 0.15) is 24.8 Å². The molecule has 6 heteroatoms. The van der Waals surface area contributed by atoms with Crippen molar-refractivity contribution < 1.29 is 22.5 Å². The number of benzene rings is 1. The first-order valence-corrected chi connectivity index (χ1v) is 7.52. The van der Waals surface area contributed by atoms with Crippen molar-refractivity contribution in [1.82, 2.24) is 0 Å². The molecule has 1 aromatic rings. The molecule has 0 bridgehead atoms. The van der Waals surface area contributed by atoms with Gasteiger partial charge in [-0.05, 0) is 31.9 Å². The Hall–Kier alpha value is -1.24. The molecule has 104 valence electrons. The van der Waals surface area contributed by atoms with Gasteiger partial charge in [0.15, 0.2) is 11.9 Å². The average Bonchev–Trinajstić information content (AvgIpc) is 2.35. The molecule has 0 amide bonds. The Morgan fingerprint density at radius 3 is 2.47 bits per heavy atom. The third-order valence-corrected chi connectivity index (χ3v) is 4.44. The second-order valence-corrected chi connectivity index (χ2v) is 6.28. The normalized spacial score (nSPS) is 24.4. The van der Waals surface area contributed by atoms with Crippen LogP contribution < -0.4 is 0 Å². The first-order valence-electron chi connectivity index (χ1n) is 6.11. The van der Waals surface area contributed by atoms with Crippen LogP contribution in [0.15, 0.2) is 29.2 Å². The molecule has 1 fully saturated rings. The molecule has 5 nitrogen and oxygen atoms in total. The van der Waals surface area contributed by atoms with Gasteiger partial charge < -0.3 is 5.11 Å². The number of carbonyl (C=O) groups excluding carboxylic acids is 1. The summed E-state index contributed by atoms with van der Waals surface area (Å²) in [6.07, 6.45) is -1.16. The lowest BCUT2D eigenvalue weighted by Crippen LogP contribution is -2.41. The topological polar surface area (TPSA) is 80.7 Å². The first kappa shape index (κ1) is 14.2. The molecular weight excluding hydrogens is 268 g/mol. The van der Waals surface area contributed by atoms with Crippen molar-refractivity contribution in [2.45, 2.75) is 43.3 Å². The molecule has 0 aromatic heterocycles. The molecule has 19 heavy (non-hydrogen) atoms. The Balaban J connectivity index is 2.21. The summed E-state index contributed by atoms with van der Waals surface area (Å²) in [5.41, 5.74) is 0.924. The lowest BCUT2D eigenvalue weighted by Gasteiger charge is -2.25. The number of ketones is 1. The van der Waals surface area contributed by atoms with Crippen molar-refractivity contribution in [3.63, 3.8) is 0 Å². The molecule has 2 atom stereocenters. The summed E-state index contributed by atoms with van der Waals surface area (Å²) in [5.74, 6) is -0.366. The smallest absolute Gasteiger partial charge is 0.297 e. The Kier molecular flexibility index (Phi) is 4.03. The molecule has 2 rings (SSSR count). The zero-order chi connectivity index (χ0) is 14.0. The van der Waals surface area contributed by atoms with Crippen molar-refractivity contribution in [2.24, 2.45) is 0 Å². The minimum Gasteiger partial charge on any atom is -0.390 e. The fraction of sp³-hybridized carbons (Fsp3) is 0.462. The predicted molar refractivity (Wildman–Crippen MR) is 68.1 cm³/mol. The van der Waals surface area contributed by atoms with Gasteiger partial charge in [0.05, 0.1) is 11.0 Å². The highest BCUT2D eigenvalue weighted by Crippen LogP contribution is 2.23. The van der Waals surface area contributed by atoms with Gasteiger partial charge in [0, 0.05) is 6.42 Å². The van der Waals surface area contributed by atoms with Gasteiger partial charge in [0.1, 0.15) is 0 Å². The number of hydrogen-bond donors (Lipinski definition) is 1. The lowest BCUT2D eigenvalue weighted by molar-refractivity contribution is -0.134. The molecule has 0 aliphatic heterocycles. The van der Waals surface area contributed by atoms with E-state index in [0.717, 1.165) is 5.56 Å². The van der Waals surface area contributed by atoms with E-state index in [0.29, 0.717) is 12.8 Å². The van der Waals surface area contributed by atoms with Crippen LogP contribution in [-0.4, -0.2) is 31.5 Å². The van der Waals surface area contributed by atoms with Crippen molar-refractivity contribution in [1.29, 1.82) is 0 Å². The number of aliphatic hydroxyl groups excluding tert-OH is 1. The van der Waals surface area contributed by atoms with Crippen LogP contribution in [0.25, 0.3) is 0 Å². The Bertz CT molecular complexity index is 561. The van der Waals surface area contributed by atoms with Crippen molar-refractivity contribution >= 4 is 15.9 Å². The highest BCUT2D eigenvalue weighted by molar-refractivity contribution is 7.86. The number of rotatable bonds is 3. The first-order chi connectivity index (χ1) is 8.90. The van der Waals surface area contributed by atoms with Gasteiger partial charge in [0.25, 0.3) is 10.1 Å². The van der Waals surface area contributed by atoms with Crippen LogP contribution in [0.2, 0.25) is 0 Å². The molecule has 0 saturated heterocycles. The van der Waals surface area contributed by atoms with Crippen molar-refractivity contribution in [3.05, 3.63) is 29.8 Å². The van der Waals surface area contributed by atoms with Crippen LogP contribution >= 0.6 is 0 Å². The number of aryl methyl sites for hydroxylation is 1. The van der Waals surface area contributed by atoms with E-state index in [1.165, 1.54) is 12.1 Å². The van der Waals surface area contributed by atoms with Crippen LogP contribution in [0, 0.1) is 6.92 Å². The van der Waals surface area contributed by atoms with Gasteiger partial charge in [-0.15, -0.1) is 0 Å². The third kappa shape index (κ3) is 3.20. The van der Waals surface area contributed by atoms with E-state index in [-0.39, 0.29) is 17.1 Å². The maximum Gasteiger partial charge on any atom is 0.297 e. The second kappa shape index (κ2) is 5.40. The van der Waals surface area contributed by atoms with Gasteiger partial charge in [-0.2, -0.15) is 8.42 Å². The maximum atomic E-state index is 12.0. The van der Waals surface area contributed by atoms with Crippen molar-refractivity contribution in [3.8, 4) is 0 Å². The van der Waals surface area contributed by atoms with E-state index in [1.807, 2.05) is 6.92 Å². The van der Waals surface area contributed by atoms with E-state index in [1.54, 1.807) is 12.1 Å². The summed E-state index contributed by atoms with van der Waals surface area (Å²) in [7, 11) is -4.02. The van der Waals surface area contributed by atoms with Crippen LogP contribution in [0.4, 0.5) is 0 Å². The molecule has 0 heterocycles. The summed E-state index contributed by atoms with van der Waals surface area (Å²) < 4.78 is 28.9. The van der Waals surface area contributed by atoms with E-state index in [9.17, 15) is 18.3 Å². The zero-order valence-electron chi connectivity index (χ0n) is 10.6. The van der Waals surface area contributed by atoms with Gasteiger partial charge >= 0.3 is 0 Å². The minimum atomic E-state index is -4.02. The van der Waals surface area contributed by atoms with E-state index < -0.39 is 22.3 Å². The minimum absolute atomic E-state index is 0.0105. The summed E-state index contributed by atoms with van der Waals surface area (Å²) in [5, 5.41) is 9.68. The third-order valence-electron chi connectivity index (χ3n) is 3.13. The summed E-state index contributed by atoms with van der Waals surface area (Å²) >= 11 is 0. The molecule has 0 radical (unpaired) electrons. The Morgan fingerprint density at radius 2 is 1.89 bits per heavy atom. The molecule has 1 aliphatic rings. The quantitative estimate of drug-likeness (QED) is 0.843. The van der Waals surface area contributed by atoms with Gasteiger partial charge in [0.2, 0.25) is 0 Å². The Morgan fingerprint density at radius 1 is 1.26 bits per heavy atom. The molecular formula is C13H16O5S. The van der Waals surface area contributed by atoms with Gasteiger partial charge in [-0.3, -0.25) is 8.98 Å². The van der Waals surface area contributed by atoms with E-state index in [2.05, 4.69) is 0 Å². The SMILES string of the molecule is Cc1ccc(S(=O)(=O)OC2C(=O)CCCC2O)cc1. The second-order valence-electron chi connectivity index (χ2n) is 4.71. The van der Waals surface area contributed by atoms with Crippen molar-refractivity contribution in [2.75, 3.05) is 0 Å². The molecule has 1 N–H and O–H groups in total. The van der Waals surface area contributed by atoms with Crippen LogP contribution in [0.3, 0.4) is 0 Å². The predicted octanol–water partition coefficient (Wildman–Crippen LogP) is 1.18. The number of aliphatic hydroxyl groups is 1. The fourth-order valence-electron chi connectivity index (χ4n) is 2.01. The highest BCUT2D eigenvalue weighted by Gasteiger charge is 2.35. The van der Waals surface area contributed by atoms with Gasteiger partial charge in [-0.25, -0.2) is 0 Å². The summed E-state index contributed by atoms with van der Waals surface area (Å²) in [4.78, 5) is 11.6. The highest BCUT2D eigenvalue weighted by atomic mass is 32.2.